The van der Waals surface area contributed by atoms with Crippen molar-refractivity contribution in [2.75, 3.05) is 0 Å². The van der Waals surface area contributed by atoms with Gasteiger partial charge in [0, 0.05) is 24.0 Å². The predicted octanol–water partition coefficient (Wildman–Crippen LogP) is 0.429. The average Bonchev–Trinajstić information content (AvgIpc) is 2.70. The van der Waals surface area contributed by atoms with Gasteiger partial charge < -0.3 is 5.73 Å². The highest BCUT2D eigenvalue weighted by Gasteiger charge is 2.04. The molecule has 0 aliphatic heterocycles. The largest absolute Gasteiger partial charge is 0.326 e. The van der Waals surface area contributed by atoms with Gasteiger partial charge in [0.2, 0.25) is 0 Å². The van der Waals surface area contributed by atoms with Crippen molar-refractivity contribution in [3.05, 3.63) is 36.2 Å². The summed E-state index contributed by atoms with van der Waals surface area (Å²) in [6, 6.07) is 1.94. The lowest BCUT2D eigenvalue weighted by atomic mass is 10.2. The second-order valence-electron chi connectivity index (χ2n) is 3.00. The lowest BCUT2D eigenvalue weighted by molar-refractivity contribution is 0.848. The summed E-state index contributed by atoms with van der Waals surface area (Å²) >= 11 is 0. The topological polar surface area (TPSA) is 69.6 Å². The van der Waals surface area contributed by atoms with Crippen molar-refractivity contribution in [1.29, 1.82) is 0 Å². The normalized spacial score (nSPS) is 10.4. The first-order chi connectivity index (χ1) is 6.81. The molecule has 2 aromatic heterocycles. The number of rotatable bonds is 2. The van der Waals surface area contributed by atoms with E-state index in [1.807, 2.05) is 13.0 Å². The lowest BCUT2D eigenvalue weighted by Crippen LogP contribution is -2.06. The molecule has 2 rings (SSSR count). The third-order valence-electron chi connectivity index (χ3n) is 1.98. The van der Waals surface area contributed by atoms with Crippen molar-refractivity contribution >= 4 is 0 Å². The molecule has 0 aromatic carbocycles. The van der Waals surface area contributed by atoms with Gasteiger partial charge in [-0.2, -0.15) is 5.10 Å². The second kappa shape index (κ2) is 3.55. The SMILES string of the molecule is Cc1cc(-n2cncn2)c(CN)cn1. The van der Waals surface area contributed by atoms with E-state index in [4.69, 9.17) is 5.73 Å². The Morgan fingerprint density at radius 2 is 2.36 bits per heavy atom. The van der Waals surface area contributed by atoms with E-state index in [1.54, 1.807) is 17.2 Å². The number of aromatic nitrogens is 4. The van der Waals surface area contributed by atoms with Crippen LogP contribution in [0.1, 0.15) is 11.3 Å². The molecule has 0 aliphatic carbocycles. The summed E-state index contributed by atoms with van der Waals surface area (Å²) < 4.78 is 1.69. The van der Waals surface area contributed by atoms with Gasteiger partial charge in [0.25, 0.3) is 0 Å². The van der Waals surface area contributed by atoms with Crippen LogP contribution in [-0.2, 0) is 6.54 Å². The molecule has 0 saturated carbocycles. The van der Waals surface area contributed by atoms with Crippen molar-refractivity contribution < 1.29 is 0 Å². The molecular weight excluding hydrogens is 178 g/mol. The maximum Gasteiger partial charge on any atom is 0.138 e. The van der Waals surface area contributed by atoms with E-state index in [-0.39, 0.29) is 0 Å². The zero-order valence-corrected chi connectivity index (χ0v) is 7.88. The van der Waals surface area contributed by atoms with Crippen LogP contribution in [0.2, 0.25) is 0 Å². The molecule has 2 N–H and O–H groups in total. The van der Waals surface area contributed by atoms with E-state index in [0.29, 0.717) is 6.54 Å². The summed E-state index contributed by atoms with van der Waals surface area (Å²) in [5.74, 6) is 0. The number of nitrogens with zero attached hydrogens (tertiary/aromatic N) is 4. The molecule has 0 radical (unpaired) electrons. The summed E-state index contributed by atoms with van der Waals surface area (Å²) in [5.41, 5.74) is 8.44. The number of pyridine rings is 1. The first kappa shape index (κ1) is 8.83. The molecule has 0 spiro atoms. The van der Waals surface area contributed by atoms with Crippen LogP contribution >= 0.6 is 0 Å². The number of hydrogen-bond donors (Lipinski definition) is 1. The molecule has 0 saturated heterocycles. The minimum atomic E-state index is 0.447. The van der Waals surface area contributed by atoms with Crippen LogP contribution in [0.25, 0.3) is 5.69 Å². The van der Waals surface area contributed by atoms with Crippen molar-refractivity contribution in [3.63, 3.8) is 0 Å². The van der Waals surface area contributed by atoms with Gasteiger partial charge in [0.05, 0.1) is 5.69 Å². The first-order valence-electron chi connectivity index (χ1n) is 4.32. The Morgan fingerprint density at radius 1 is 1.50 bits per heavy atom. The molecule has 0 unspecified atom stereocenters. The van der Waals surface area contributed by atoms with Crippen molar-refractivity contribution in [2.24, 2.45) is 5.73 Å². The van der Waals surface area contributed by atoms with Gasteiger partial charge in [-0.3, -0.25) is 4.98 Å². The third kappa shape index (κ3) is 1.49. The van der Waals surface area contributed by atoms with Crippen molar-refractivity contribution in [2.45, 2.75) is 13.5 Å². The Bertz CT molecular complexity index is 421. The van der Waals surface area contributed by atoms with Crippen molar-refractivity contribution in [3.8, 4) is 5.69 Å². The van der Waals surface area contributed by atoms with E-state index in [9.17, 15) is 0 Å². The number of hydrogen-bond acceptors (Lipinski definition) is 4. The first-order valence-corrected chi connectivity index (χ1v) is 4.32. The fourth-order valence-electron chi connectivity index (χ4n) is 1.28. The van der Waals surface area contributed by atoms with Crippen LogP contribution in [0.15, 0.2) is 24.9 Å². The standard InChI is InChI=1S/C9H11N5/c1-7-2-9(8(3-10)4-12-7)14-6-11-5-13-14/h2,4-6H,3,10H2,1H3. The van der Waals surface area contributed by atoms with E-state index >= 15 is 0 Å². The Balaban J connectivity index is 2.55. The zero-order chi connectivity index (χ0) is 9.97. The molecule has 5 nitrogen and oxygen atoms in total. The fourth-order valence-corrected chi connectivity index (χ4v) is 1.28. The summed E-state index contributed by atoms with van der Waals surface area (Å²) in [4.78, 5) is 8.07. The lowest BCUT2D eigenvalue weighted by Gasteiger charge is -2.06. The van der Waals surface area contributed by atoms with Crippen LogP contribution < -0.4 is 5.73 Å². The zero-order valence-electron chi connectivity index (χ0n) is 7.88. The number of aryl methyl sites for hydroxylation is 1. The van der Waals surface area contributed by atoms with Gasteiger partial charge in [0.15, 0.2) is 0 Å². The monoisotopic (exact) mass is 189 g/mol. The Hall–Kier alpha value is -1.75. The fraction of sp³-hybridized carbons (Fsp3) is 0.222. The molecule has 5 heteroatoms. The quantitative estimate of drug-likeness (QED) is 0.743. The van der Waals surface area contributed by atoms with Gasteiger partial charge in [-0.1, -0.05) is 0 Å². The van der Waals surface area contributed by atoms with E-state index in [2.05, 4.69) is 15.1 Å². The molecule has 0 amide bonds. The average molecular weight is 189 g/mol. The molecule has 2 aromatic rings. The minimum Gasteiger partial charge on any atom is -0.326 e. The summed E-state index contributed by atoms with van der Waals surface area (Å²) in [6.45, 7) is 2.38. The Kier molecular flexibility index (Phi) is 2.24. The van der Waals surface area contributed by atoms with Crippen LogP contribution in [0.3, 0.4) is 0 Å². The van der Waals surface area contributed by atoms with Crippen LogP contribution in [0.4, 0.5) is 0 Å². The highest BCUT2D eigenvalue weighted by Crippen LogP contribution is 2.12. The smallest absolute Gasteiger partial charge is 0.138 e. The predicted molar refractivity (Wildman–Crippen MR) is 51.8 cm³/mol. The van der Waals surface area contributed by atoms with E-state index < -0.39 is 0 Å². The summed E-state index contributed by atoms with van der Waals surface area (Å²) in [7, 11) is 0. The van der Waals surface area contributed by atoms with Crippen LogP contribution in [0.5, 0.6) is 0 Å². The summed E-state index contributed by atoms with van der Waals surface area (Å²) in [6.07, 6.45) is 4.91. The highest BCUT2D eigenvalue weighted by atomic mass is 15.3. The van der Waals surface area contributed by atoms with Gasteiger partial charge in [-0.15, -0.1) is 0 Å². The van der Waals surface area contributed by atoms with E-state index in [0.717, 1.165) is 16.9 Å². The molecular formula is C9H11N5. The number of nitrogens with two attached hydrogens (primary N) is 1. The van der Waals surface area contributed by atoms with Crippen LogP contribution in [0, 0.1) is 6.92 Å². The molecule has 0 fully saturated rings. The highest BCUT2D eigenvalue weighted by molar-refractivity contribution is 5.39. The molecule has 0 atom stereocenters. The van der Waals surface area contributed by atoms with Crippen molar-refractivity contribution in [1.82, 2.24) is 19.7 Å². The Labute approximate surface area is 81.6 Å². The maximum absolute atomic E-state index is 5.61. The van der Waals surface area contributed by atoms with E-state index in [1.165, 1.54) is 6.33 Å². The Morgan fingerprint density at radius 3 is 3.00 bits per heavy atom. The third-order valence-corrected chi connectivity index (χ3v) is 1.98. The van der Waals surface area contributed by atoms with Crippen LogP contribution in [-0.4, -0.2) is 19.7 Å². The van der Waals surface area contributed by atoms with Gasteiger partial charge in [0.1, 0.15) is 12.7 Å². The molecule has 72 valence electrons. The minimum absolute atomic E-state index is 0.447. The summed E-state index contributed by atoms with van der Waals surface area (Å²) in [5, 5.41) is 4.06. The molecule has 0 aliphatic rings. The molecule has 14 heavy (non-hydrogen) atoms. The van der Waals surface area contributed by atoms with Gasteiger partial charge in [-0.25, -0.2) is 9.67 Å². The van der Waals surface area contributed by atoms with Gasteiger partial charge >= 0.3 is 0 Å². The molecule has 0 bridgehead atoms. The van der Waals surface area contributed by atoms with Gasteiger partial charge in [-0.05, 0) is 13.0 Å². The molecule has 2 heterocycles. The maximum atomic E-state index is 5.61. The second-order valence-corrected chi connectivity index (χ2v) is 3.00.